The van der Waals surface area contributed by atoms with E-state index in [2.05, 4.69) is 32.2 Å². The first-order chi connectivity index (χ1) is 8.67. The first-order valence-electron chi connectivity index (χ1n) is 6.10. The lowest BCUT2D eigenvalue weighted by Crippen LogP contribution is -2.45. The van der Waals surface area contributed by atoms with Gasteiger partial charge in [0.05, 0.1) is 15.9 Å². The molecule has 100 valence electrons. The fourth-order valence-electron chi connectivity index (χ4n) is 2.53. The van der Waals surface area contributed by atoms with Gasteiger partial charge in [-0.1, -0.05) is 0 Å². The van der Waals surface area contributed by atoms with E-state index >= 15 is 0 Å². The molecule has 0 bridgehead atoms. The largest absolute Gasteiger partial charge is 0.358 e. The summed E-state index contributed by atoms with van der Waals surface area (Å²) in [5, 5.41) is 2.75. The minimum atomic E-state index is -0.0376. The number of nitrogens with one attached hydrogen (secondary N) is 1. The van der Waals surface area contributed by atoms with Crippen LogP contribution in [0.1, 0.15) is 23.8 Å². The van der Waals surface area contributed by atoms with Crippen LogP contribution in [0.15, 0.2) is 15.9 Å². The van der Waals surface area contributed by atoms with Gasteiger partial charge >= 0.3 is 0 Å². The third-order valence-electron chi connectivity index (χ3n) is 3.39. The van der Waals surface area contributed by atoms with Crippen molar-refractivity contribution in [3.05, 3.63) is 20.8 Å². The number of nitrogens with zero attached hydrogens (tertiary/aromatic N) is 1. The van der Waals surface area contributed by atoms with Gasteiger partial charge in [0.15, 0.2) is 0 Å². The number of nitrogens with two attached hydrogens (primary N) is 1. The molecule has 1 aromatic rings. The monoisotopic (exact) mass is 331 g/mol. The highest BCUT2D eigenvalue weighted by Gasteiger charge is 2.35. The zero-order chi connectivity index (χ0) is 13.1. The highest BCUT2D eigenvalue weighted by Crippen LogP contribution is 2.34. The Morgan fingerprint density at radius 1 is 1.72 bits per heavy atom. The number of carbonyl (C=O) groups excluding carboxylic acids is 1. The van der Waals surface area contributed by atoms with Gasteiger partial charge in [-0.05, 0) is 47.4 Å². The molecule has 1 saturated heterocycles. The molecule has 1 amide bonds. The molecule has 2 unspecified atom stereocenters. The van der Waals surface area contributed by atoms with E-state index in [1.807, 2.05) is 6.07 Å². The van der Waals surface area contributed by atoms with Crippen molar-refractivity contribution in [2.75, 3.05) is 20.1 Å². The third kappa shape index (κ3) is 2.77. The molecule has 2 rings (SSSR count). The van der Waals surface area contributed by atoms with Crippen LogP contribution in [0, 0.1) is 0 Å². The maximum absolute atomic E-state index is 11.9. The number of hydrogen-bond donors (Lipinski definition) is 2. The molecule has 4 nitrogen and oxygen atoms in total. The summed E-state index contributed by atoms with van der Waals surface area (Å²) in [7, 11) is 1.69. The Hall–Kier alpha value is -0.430. The minimum absolute atomic E-state index is 0.0376. The summed E-state index contributed by atoms with van der Waals surface area (Å²) in [5.41, 5.74) is 5.92. The van der Waals surface area contributed by atoms with E-state index in [9.17, 15) is 4.79 Å². The Bertz CT molecular complexity index is 423. The molecular formula is C12H18BrN3OS. The highest BCUT2D eigenvalue weighted by atomic mass is 79.9. The van der Waals surface area contributed by atoms with E-state index < -0.39 is 0 Å². The van der Waals surface area contributed by atoms with Crippen molar-refractivity contribution >= 4 is 33.2 Å². The fourth-order valence-corrected chi connectivity index (χ4v) is 4.09. The Morgan fingerprint density at radius 2 is 2.50 bits per heavy atom. The van der Waals surface area contributed by atoms with Gasteiger partial charge in [0.25, 0.3) is 0 Å². The molecule has 2 atom stereocenters. The predicted octanol–water partition coefficient (Wildman–Crippen LogP) is 1.72. The van der Waals surface area contributed by atoms with Gasteiger partial charge < -0.3 is 11.1 Å². The maximum atomic E-state index is 11.9. The molecule has 3 N–H and O–H groups in total. The molecule has 2 heterocycles. The van der Waals surface area contributed by atoms with Crippen LogP contribution in [-0.4, -0.2) is 37.0 Å². The first kappa shape index (κ1) is 14.0. The van der Waals surface area contributed by atoms with Gasteiger partial charge in [-0.25, -0.2) is 0 Å². The molecule has 1 aliphatic rings. The molecule has 0 saturated carbocycles. The summed E-state index contributed by atoms with van der Waals surface area (Å²) in [6.07, 6.45) is 1.98. The van der Waals surface area contributed by atoms with E-state index in [4.69, 9.17) is 5.73 Å². The quantitative estimate of drug-likeness (QED) is 0.883. The zero-order valence-electron chi connectivity index (χ0n) is 10.4. The molecule has 0 aromatic carbocycles. The summed E-state index contributed by atoms with van der Waals surface area (Å²) in [4.78, 5) is 15.3. The van der Waals surface area contributed by atoms with Crippen LogP contribution >= 0.6 is 27.3 Å². The average Bonchev–Trinajstić information content (AvgIpc) is 2.99. The summed E-state index contributed by atoms with van der Waals surface area (Å²) in [6, 6.07) is 4.23. The Balaban J connectivity index is 2.19. The van der Waals surface area contributed by atoms with Gasteiger partial charge in [-0.15, -0.1) is 11.3 Å². The Labute approximate surface area is 120 Å². The molecule has 1 aromatic heterocycles. The topological polar surface area (TPSA) is 58.4 Å². The van der Waals surface area contributed by atoms with E-state index in [1.54, 1.807) is 18.4 Å². The first-order valence-corrected chi connectivity index (χ1v) is 7.71. The van der Waals surface area contributed by atoms with Crippen molar-refractivity contribution in [3.8, 4) is 0 Å². The highest BCUT2D eigenvalue weighted by molar-refractivity contribution is 9.11. The van der Waals surface area contributed by atoms with Crippen molar-refractivity contribution in [2.45, 2.75) is 24.9 Å². The number of likely N-dealkylation sites (tertiary alicyclic amines) is 1. The molecule has 0 aliphatic carbocycles. The number of thiophene rings is 1. The summed E-state index contributed by atoms with van der Waals surface area (Å²) in [6.45, 7) is 1.48. The van der Waals surface area contributed by atoms with E-state index in [-0.39, 0.29) is 18.0 Å². The normalized spacial score (nSPS) is 22.1. The van der Waals surface area contributed by atoms with E-state index in [1.165, 1.54) is 4.88 Å². The third-order valence-corrected chi connectivity index (χ3v) is 5.11. The van der Waals surface area contributed by atoms with Crippen LogP contribution in [0.25, 0.3) is 0 Å². The second-order valence-electron chi connectivity index (χ2n) is 4.40. The Kier molecular flexibility index (Phi) is 4.77. The van der Waals surface area contributed by atoms with Gasteiger partial charge in [0.2, 0.25) is 5.91 Å². The molecule has 0 radical (unpaired) electrons. The van der Waals surface area contributed by atoms with E-state index in [0.717, 1.165) is 23.2 Å². The molecular weight excluding hydrogens is 314 g/mol. The number of hydrogen-bond acceptors (Lipinski definition) is 4. The van der Waals surface area contributed by atoms with Crippen LogP contribution in [0.2, 0.25) is 0 Å². The number of likely N-dealkylation sites (N-methyl/N-ethyl adjacent to an activating group) is 1. The van der Waals surface area contributed by atoms with Crippen molar-refractivity contribution < 1.29 is 4.79 Å². The smallest absolute Gasteiger partial charge is 0.237 e. The van der Waals surface area contributed by atoms with Crippen molar-refractivity contribution in [2.24, 2.45) is 5.73 Å². The lowest BCUT2D eigenvalue weighted by molar-refractivity contribution is -0.125. The standard InChI is InChI=1S/C12H18BrN3OS/c1-15-12(17)8-3-2-6-16(8)9(7-14)10-4-5-11(13)18-10/h4-5,8-9H,2-3,6-7,14H2,1H3,(H,15,17). The van der Waals surface area contributed by atoms with Gasteiger partial charge in [0, 0.05) is 18.5 Å². The van der Waals surface area contributed by atoms with Crippen LogP contribution in [0.4, 0.5) is 0 Å². The lowest BCUT2D eigenvalue weighted by atomic mass is 10.1. The molecule has 1 fully saturated rings. The maximum Gasteiger partial charge on any atom is 0.237 e. The van der Waals surface area contributed by atoms with Gasteiger partial charge in [-0.2, -0.15) is 0 Å². The average molecular weight is 332 g/mol. The molecule has 6 heteroatoms. The number of amides is 1. The van der Waals surface area contributed by atoms with Crippen LogP contribution in [0.5, 0.6) is 0 Å². The summed E-state index contributed by atoms with van der Waals surface area (Å²) in [5.74, 6) is 0.0987. The Morgan fingerprint density at radius 3 is 3.06 bits per heavy atom. The van der Waals surface area contributed by atoms with Crippen LogP contribution in [0.3, 0.4) is 0 Å². The SMILES string of the molecule is CNC(=O)C1CCCN1C(CN)c1ccc(Br)s1. The summed E-state index contributed by atoms with van der Waals surface area (Å²) < 4.78 is 1.10. The zero-order valence-corrected chi connectivity index (χ0v) is 12.8. The fraction of sp³-hybridized carbons (Fsp3) is 0.583. The molecule has 18 heavy (non-hydrogen) atoms. The number of carbonyl (C=O) groups is 1. The summed E-state index contributed by atoms with van der Waals surface area (Å²) >= 11 is 5.17. The van der Waals surface area contributed by atoms with Crippen molar-refractivity contribution in [1.29, 1.82) is 0 Å². The lowest BCUT2D eigenvalue weighted by Gasteiger charge is -2.30. The van der Waals surface area contributed by atoms with E-state index in [0.29, 0.717) is 6.54 Å². The number of rotatable bonds is 4. The second-order valence-corrected chi connectivity index (χ2v) is 6.90. The number of halogens is 1. The van der Waals surface area contributed by atoms with Crippen LogP contribution < -0.4 is 11.1 Å². The van der Waals surface area contributed by atoms with Gasteiger partial charge in [-0.3, -0.25) is 9.69 Å². The van der Waals surface area contributed by atoms with Crippen molar-refractivity contribution in [1.82, 2.24) is 10.2 Å². The van der Waals surface area contributed by atoms with Crippen molar-refractivity contribution in [3.63, 3.8) is 0 Å². The van der Waals surface area contributed by atoms with Crippen LogP contribution in [-0.2, 0) is 4.79 Å². The molecule has 1 aliphatic heterocycles. The molecule has 0 spiro atoms. The predicted molar refractivity (Wildman–Crippen MR) is 77.6 cm³/mol. The minimum Gasteiger partial charge on any atom is -0.358 e. The van der Waals surface area contributed by atoms with Gasteiger partial charge in [0.1, 0.15) is 0 Å². The second kappa shape index (κ2) is 6.14.